The van der Waals surface area contributed by atoms with Crippen molar-refractivity contribution in [3.63, 3.8) is 0 Å². The number of primary sulfonamides is 1. The molecule has 0 unspecified atom stereocenters. The predicted octanol–water partition coefficient (Wildman–Crippen LogP) is 2.01. The summed E-state index contributed by atoms with van der Waals surface area (Å²) in [7, 11) is -3.79. The number of sulfonamides is 1. The number of aromatic nitrogens is 2. The van der Waals surface area contributed by atoms with Gasteiger partial charge in [0.05, 0.1) is 16.3 Å². The van der Waals surface area contributed by atoms with Crippen LogP contribution in [0.25, 0.3) is 16.9 Å². The topological polar surface area (TPSA) is 121 Å². The number of carbonyl (C=O) groups is 1. The maximum Gasteiger partial charge on any atom is 0.269 e. The van der Waals surface area contributed by atoms with E-state index in [0.717, 1.165) is 10.5 Å². The molecule has 0 saturated heterocycles. The number of nitrogens with zero attached hydrogens (tertiary/aromatic N) is 2. The van der Waals surface area contributed by atoms with Crippen LogP contribution in [0.5, 0.6) is 0 Å². The van der Waals surface area contributed by atoms with Crippen molar-refractivity contribution in [1.82, 2.24) is 9.78 Å². The molecule has 0 aliphatic rings. The van der Waals surface area contributed by atoms with Gasteiger partial charge in [-0.3, -0.25) is 4.79 Å². The van der Waals surface area contributed by atoms with Crippen LogP contribution >= 0.6 is 11.8 Å². The van der Waals surface area contributed by atoms with Crippen molar-refractivity contribution in [2.24, 2.45) is 10.9 Å². The molecule has 26 heavy (non-hydrogen) atoms. The van der Waals surface area contributed by atoms with Crippen LogP contribution in [0.15, 0.2) is 64.4 Å². The van der Waals surface area contributed by atoms with Gasteiger partial charge in [0.25, 0.3) is 5.91 Å². The Balaban J connectivity index is 2.12. The molecule has 1 aromatic heterocycles. The van der Waals surface area contributed by atoms with E-state index >= 15 is 0 Å². The number of amides is 1. The third-order valence-corrected chi connectivity index (χ3v) is 5.43. The summed E-state index contributed by atoms with van der Waals surface area (Å²) >= 11 is 1.62. The average Bonchev–Trinajstić information content (AvgIpc) is 3.07. The van der Waals surface area contributed by atoms with Crippen LogP contribution < -0.4 is 10.9 Å². The minimum Gasteiger partial charge on any atom is -0.364 e. The van der Waals surface area contributed by atoms with E-state index in [9.17, 15) is 13.2 Å². The van der Waals surface area contributed by atoms with Crippen LogP contribution in [-0.2, 0) is 10.0 Å². The number of thioether (sulfide) groups is 1. The van der Waals surface area contributed by atoms with E-state index in [1.54, 1.807) is 34.6 Å². The zero-order valence-corrected chi connectivity index (χ0v) is 15.4. The first kappa shape index (κ1) is 18.2. The second-order valence-corrected chi connectivity index (χ2v) is 7.90. The Hall–Kier alpha value is -2.62. The first-order valence-electron chi connectivity index (χ1n) is 7.47. The van der Waals surface area contributed by atoms with Gasteiger partial charge >= 0.3 is 0 Å². The van der Waals surface area contributed by atoms with Crippen LogP contribution in [0, 0.1) is 0 Å². The second-order valence-electron chi connectivity index (χ2n) is 5.46. The number of hydrogen-bond donors (Lipinski definition) is 2. The van der Waals surface area contributed by atoms with Crippen molar-refractivity contribution >= 4 is 27.7 Å². The van der Waals surface area contributed by atoms with Crippen LogP contribution in [0.3, 0.4) is 0 Å². The molecule has 2 aromatic carbocycles. The zero-order chi connectivity index (χ0) is 18.9. The van der Waals surface area contributed by atoms with Crippen molar-refractivity contribution in [2.75, 3.05) is 6.26 Å². The number of carbonyl (C=O) groups excluding carboxylic acids is 1. The summed E-state index contributed by atoms with van der Waals surface area (Å²) in [6.45, 7) is 0. The van der Waals surface area contributed by atoms with E-state index in [-0.39, 0.29) is 10.6 Å². The molecule has 7 nitrogen and oxygen atoms in total. The number of rotatable bonds is 5. The van der Waals surface area contributed by atoms with E-state index in [1.807, 2.05) is 30.5 Å². The molecule has 3 rings (SSSR count). The van der Waals surface area contributed by atoms with Crippen molar-refractivity contribution in [1.29, 1.82) is 0 Å². The average molecular weight is 388 g/mol. The fourth-order valence-corrected chi connectivity index (χ4v) is 3.37. The fraction of sp³-hybridized carbons (Fsp3) is 0.0588. The molecule has 0 saturated carbocycles. The summed E-state index contributed by atoms with van der Waals surface area (Å²) in [5, 5.41) is 9.37. The SMILES string of the molecule is CSc1ccc(-c2cc(C(N)=O)nn2-c2ccc(S(N)(=O)=O)cc2)cc1. The van der Waals surface area contributed by atoms with E-state index in [2.05, 4.69) is 5.10 Å². The molecule has 0 aliphatic heterocycles. The Labute approximate surface area is 155 Å². The Bertz CT molecular complexity index is 1060. The number of hydrogen-bond acceptors (Lipinski definition) is 5. The van der Waals surface area contributed by atoms with Gasteiger partial charge in [0.1, 0.15) is 0 Å². The maximum absolute atomic E-state index is 11.6. The normalized spacial score (nSPS) is 11.5. The summed E-state index contributed by atoms with van der Waals surface area (Å²) in [4.78, 5) is 12.7. The highest BCUT2D eigenvalue weighted by Crippen LogP contribution is 2.26. The minimum absolute atomic E-state index is 0.00518. The lowest BCUT2D eigenvalue weighted by molar-refractivity contribution is 0.0995. The molecule has 0 aliphatic carbocycles. The van der Waals surface area contributed by atoms with Crippen LogP contribution in [-0.4, -0.2) is 30.4 Å². The summed E-state index contributed by atoms with van der Waals surface area (Å²) in [5.41, 5.74) is 7.57. The van der Waals surface area contributed by atoms with Crippen LogP contribution in [0.2, 0.25) is 0 Å². The van der Waals surface area contributed by atoms with Gasteiger partial charge in [-0.25, -0.2) is 18.2 Å². The molecule has 0 bridgehead atoms. The highest BCUT2D eigenvalue weighted by atomic mass is 32.2. The molecule has 3 aromatic rings. The Morgan fingerprint density at radius 3 is 2.19 bits per heavy atom. The second kappa shape index (κ2) is 6.94. The Morgan fingerprint density at radius 2 is 1.69 bits per heavy atom. The summed E-state index contributed by atoms with van der Waals surface area (Å²) in [6.07, 6.45) is 1.98. The van der Waals surface area contributed by atoms with Gasteiger partial charge in [0, 0.05) is 10.5 Å². The van der Waals surface area contributed by atoms with Crippen molar-refractivity contribution < 1.29 is 13.2 Å². The molecule has 0 radical (unpaired) electrons. The van der Waals surface area contributed by atoms with E-state index in [1.165, 1.54) is 12.1 Å². The molecular weight excluding hydrogens is 372 g/mol. The lowest BCUT2D eigenvalue weighted by Gasteiger charge is -2.09. The molecule has 9 heteroatoms. The number of nitrogens with two attached hydrogens (primary N) is 2. The lowest BCUT2D eigenvalue weighted by atomic mass is 10.1. The van der Waals surface area contributed by atoms with Gasteiger partial charge in [-0.2, -0.15) is 5.10 Å². The third kappa shape index (κ3) is 3.64. The molecule has 1 heterocycles. The van der Waals surface area contributed by atoms with Gasteiger partial charge < -0.3 is 5.73 Å². The smallest absolute Gasteiger partial charge is 0.269 e. The first-order chi connectivity index (χ1) is 12.3. The van der Waals surface area contributed by atoms with Gasteiger partial charge in [0.2, 0.25) is 10.0 Å². The highest BCUT2D eigenvalue weighted by Gasteiger charge is 2.16. The Kier molecular flexibility index (Phi) is 4.86. The van der Waals surface area contributed by atoms with Crippen molar-refractivity contribution in [3.05, 3.63) is 60.3 Å². The third-order valence-electron chi connectivity index (χ3n) is 3.76. The molecular formula is C17H16N4O3S2. The zero-order valence-electron chi connectivity index (χ0n) is 13.8. The summed E-state index contributed by atoms with van der Waals surface area (Å²) < 4.78 is 24.4. The standard InChI is InChI=1S/C17H16N4O3S2/c1-25-13-6-2-11(3-7-13)16-10-15(17(18)22)20-21(16)12-4-8-14(9-5-12)26(19,23)24/h2-10H,1H3,(H2,18,22)(H2,19,23,24). The van der Waals surface area contributed by atoms with Crippen LogP contribution in [0.1, 0.15) is 10.5 Å². The summed E-state index contributed by atoms with van der Waals surface area (Å²) in [5.74, 6) is -0.646. The van der Waals surface area contributed by atoms with Gasteiger partial charge in [-0.05, 0) is 48.7 Å². The molecule has 4 N–H and O–H groups in total. The van der Waals surface area contributed by atoms with E-state index < -0.39 is 15.9 Å². The summed E-state index contributed by atoms with van der Waals surface area (Å²) in [6, 6.07) is 15.3. The highest BCUT2D eigenvalue weighted by molar-refractivity contribution is 7.98. The number of primary amides is 1. The van der Waals surface area contributed by atoms with Crippen molar-refractivity contribution in [2.45, 2.75) is 9.79 Å². The lowest BCUT2D eigenvalue weighted by Crippen LogP contribution is -2.13. The van der Waals surface area contributed by atoms with Gasteiger partial charge in [0.15, 0.2) is 5.69 Å². The van der Waals surface area contributed by atoms with Crippen LogP contribution in [0.4, 0.5) is 0 Å². The predicted molar refractivity (Wildman–Crippen MR) is 101 cm³/mol. The monoisotopic (exact) mass is 388 g/mol. The molecule has 1 amide bonds. The molecule has 134 valence electrons. The number of benzene rings is 2. The quantitative estimate of drug-likeness (QED) is 0.648. The van der Waals surface area contributed by atoms with Gasteiger partial charge in [-0.15, -0.1) is 11.8 Å². The molecule has 0 atom stereocenters. The first-order valence-corrected chi connectivity index (χ1v) is 10.2. The van der Waals surface area contributed by atoms with Gasteiger partial charge in [-0.1, -0.05) is 12.1 Å². The molecule has 0 spiro atoms. The van der Waals surface area contributed by atoms with E-state index in [4.69, 9.17) is 10.9 Å². The maximum atomic E-state index is 11.6. The van der Waals surface area contributed by atoms with E-state index in [0.29, 0.717) is 11.4 Å². The Morgan fingerprint density at radius 1 is 1.08 bits per heavy atom. The molecule has 0 fully saturated rings. The largest absolute Gasteiger partial charge is 0.364 e. The fourth-order valence-electron chi connectivity index (χ4n) is 2.44. The van der Waals surface area contributed by atoms with Crippen molar-refractivity contribution in [3.8, 4) is 16.9 Å². The minimum atomic E-state index is -3.79.